The molecule has 0 aliphatic carbocycles. The number of phenols is 2. The van der Waals surface area contributed by atoms with Gasteiger partial charge in [0.1, 0.15) is 23.6 Å². The van der Waals surface area contributed by atoms with Gasteiger partial charge in [-0.1, -0.05) is 12.1 Å². The second-order valence-electron chi connectivity index (χ2n) is 10.8. The number of carbonyl (C=O) groups is 4. The van der Waals surface area contributed by atoms with Crippen LogP contribution in [0.2, 0.25) is 0 Å². The average molecular weight is 612 g/mol. The smallest absolute Gasteiger partial charge is 0.243 e. The van der Waals surface area contributed by atoms with Crippen LogP contribution in [-0.4, -0.2) is 99.3 Å². The predicted molar refractivity (Wildman–Crippen MR) is 167 cm³/mol. The molecule has 3 atom stereocenters. The minimum absolute atomic E-state index is 0.0286. The fourth-order valence-electron chi connectivity index (χ4n) is 4.97. The molecule has 0 saturated carbocycles. The lowest BCUT2D eigenvalue weighted by Gasteiger charge is -2.25. The molecule has 44 heavy (non-hydrogen) atoms. The molecule has 0 radical (unpaired) electrons. The van der Waals surface area contributed by atoms with Gasteiger partial charge in [0.05, 0.1) is 6.04 Å². The second kappa shape index (κ2) is 17.2. The minimum Gasteiger partial charge on any atom is -0.508 e. The summed E-state index contributed by atoms with van der Waals surface area (Å²) in [5, 5.41) is 41.3. The summed E-state index contributed by atoms with van der Waals surface area (Å²) in [6.07, 6.45) is 1.04. The summed E-state index contributed by atoms with van der Waals surface area (Å²) in [5.41, 5.74) is 2.41. The van der Waals surface area contributed by atoms with E-state index in [-0.39, 0.29) is 43.2 Å². The quantitative estimate of drug-likeness (QED) is 0.139. The normalized spacial score (nSPS) is 18.8. The number of amides is 4. The summed E-state index contributed by atoms with van der Waals surface area (Å²) in [7, 11) is 5.19. The zero-order valence-electron chi connectivity index (χ0n) is 25.6. The summed E-state index contributed by atoms with van der Waals surface area (Å²) in [6, 6.07) is 7.21. The van der Waals surface area contributed by atoms with E-state index in [1.54, 1.807) is 51.5 Å². The summed E-state index contributed by atoms with van der Waals surface area (Å²) < 4.78 is 0. The van der Waals surface area contributed by atoms with E-state index in [0.717, 1.165) is 5.56 Å². The highest BCUT2D eigenvalue weighted by molar-refractivity contribution is 5.93. The molecule has 4 amide bonds. The van der Waals surface area contributed by atoms with Gasteiger partial charge < -0.3 is 47.4 Å². The Morgan fingerprint density at radius 1 is 0.795 bits per heavy atom. The molecular weight excluding hydrogens is 566 g/mol. The summed E-state index contributed by atoms with van der Waals surface area (Å²) in [4.78, 5) is 52.5. The summed E-state index contributed by atoms with van der Waals surface area (Å²) >= 11 is 0. The van der Waals surface area contributed by atoms with Crippen LogP contribution in [0.3, 0.4) is 0 Å². The maximum Gasteiger partial charge on any atom is 0.243 e. The lowest BCUT2D eigenvalue weighted by Crippen LogP contribution is -2.57. The van der Waals surface area contributed by atoms with Crippen LogP contribution in [0, 0.1) is 0 Å². The van der Waals surface area contributed by atoms with E-state index < -0.39 is 35.8 Å². The van der Waals surface area contributed by atoms with E-state index in [9.17, 15) is 29.4 Å². The number of rotatable bonds is 12. The van der Waals surface area contributed by atoms with Crippen LogP contribution in [0.4, 0.5) is 0 Å². The molecule has 240 valence electrons. The van der Waals surface area contributed by atoms with Crippen molar-refractivity contribution in [3.05, 3.63) is 47.5 Å². The second-order valence-corrected chi connectivity index (χ2v) is 10.8. The third-order valence-electron chi connectivity index (χ3n) is 7.54. The largest absolute Gasteiger partial charge is 0.508 e. The number of nitrogens with one attached hydrogen (secondary N) is 7. The van der Waals surface area contributed by atoms with Crippen molar-refractivity contribution in [1.82, 2.24) is 37.2 Å². The van der Waals surface area contributed by atoms with Gasteiger partial charge in [-0.3, -0.25) is 19.2 Å². The topological polar surface area (TPSA) is 193 Å². The van der Waals surface area contributed by atoms with Gasteiger partial charge in [0, 0.05) is 38.9 Å². The third kappa shape index (κ3) is 9.93. The van der Waals surface area contributed by atoms with Gasteiger partial charge >= 0.3 is 0 Å². The Kier molecular flexibility index (Phi) is 13.4. The first-order valence-corrected chi connectivity index (χ1v) is 14.9. The van der Waals surface area contributed by atoms with Crippen molar-refractivity contribution in [3.63, 3.8) is 0 Å². The Labute approximate surface area is 258 Å². The molecule has 9 N–H and O–H groups in total. The van der Waals surface area contributed by atoms with Gasteiger partial charge in [-0.15, -0.1) is 0 Å². The van der Waals surface area contributed by atoms with Gasteiger partial charge in [0.15, 0.2) is 0 Å². The van der Waals surface area contributed by atoms with Crippen molar-refractivity contribution in [3.8, 4) is 22.6 Å². The fourth-order valence-corrected chi connectivity index (χ4v) is 4.97. The summed E-state index contributed by atoms with van der Waals surface area (Å²) in [6.45, 7) is 1.72. The molecule has 3 rings (SSSR count). The number of likely N-dealkylation sites (N-methyl/N-ethyl adjacent to an activating group) is 2. The monoisotopic (exact) mass is 611 g/mol. The number of hydrogen-bond acceptors (Lipinski definition) is 9. The van der Waals surface area contributed by atoms with Gasteiger partial charge in [0.25, 0.3) is 0 Å². The number of carbonyl (C=O) groups excluding carboxylic acids is 4. The van der Waals surface area contributed by atoms with E-state index in [0.29, 0.717) is 49.2 Å². The Morgan fingerprint density at radius 3 is 2.05 bits per heavy atom. The highest BCUT2D eigenvalue weighted by atomic mass is 16.3. The molecule has 1 heterocycles. The highest BCUT2D eigenvalue weighted by Crippen LogP contribution is 2.31. The first-order chi connectivity index (χ1) is 21.2. The Morgan fingerprint density at radius 2 is 1.43 bits per heavy atom. The lowest BCUT2D eigenvalue weighted by atomic mass is 9.95. The van der Waals surface area contributed by atoms with E-state index in [2.05, 4.69) is 37.2 Å². The van der Waals surface area contributed by atoms with Crippen molar-refractivity contribution < 1.29 is 29.4 Å². The predicted octanol–water partition coefficient (Wildman–Crippen LogP) is -0.737. The molecule has 1 aliphatic rings. The fraction of sp³-hybridized carbons (Fsp3) is 0.484. The molecule has 2 aromatic carbocycles. The Bertz CT molecular complexity index is 1300. The maximum absolute atomic E-state index is 13.6. The van der Waals surface area contributed by atoms with Crippen LogP contribution in [0.25, 0.3) is 11.1 Å². The summed E-state index contributed by atoms with van der Waals surface area (Å²) in [5.74, 6) is -1.76. The van der Waals surface area contributed by atoms with Crippen LogP contribution < -0.4 is 37.2 Å². The number of benzene rings is 2. The van der Waals surface area contributed by atoms with Gasteiger partial charge in [-0.2, -0.15) is 0 Å². The average Bonchev–Trinajstić information content (AvgIpc) is 3.00. The van der Waals surface area contributed by atoms with Crippen LogP contribution in [0.15, 0.2) is 36.4 Å². The van der Waals surface area contributed by atoms with Crippen LogP contribution >= 0.6 is 0 Å². The SMILES string of the molecule is CNCCC[C@@H]1NC(=O)[C@@H](NC)Cc2cc(ccc2O)-c2ccc(O)c(c2)C[C@@H](C(=O)NCCC(=O)NCCNC)NC1=O. The van der Waals surface area contributed by atoms with E-state index >= 15 is 0 Å². The van der Waals surface area contributed by atoms with Crippen molar-refractivity contribution >= 4 is 23.6 Å². The molecule has 0 aromatic heterocycles. The van der Waals surface area contributed by atoms with Crippen molar-refractivity contribution in [2.45, 2.75) is 50.2 Å². The molecule has 2 aromatic rings. The zero-order valence-corrected chi connectivity index (χ0v) is 25.6. The molecule has 13 nitrogen and oxygen atoms in total. The van der Waals surface area contributed by atoms with Crippen LogP contribution in [0.5, 0.6) is 11.5 Å². The third-order valence-corrected chi connectivity index (χ3v) is 7.54. The van der Waals surface area contributed by atoms with Gasteiger partial charge in [-0.05, 0) is 87.0 Å². The number of hydrogen-bond donors (Lipinski definition) is 9. The molecule has 0 fully saturated rings. The molecule has 0 spiro atoms. The van der Waals surface area contributed by atoms with E-state index in [1.807, 2.05) is 0 Å². The molecule has 1 aliphatic heterocycles. The van der Waals surface area contributed by atoms with Crippen LogP contribution in [0.1, 0.15) is 30.4 Å². The first-order valence-electron chi connectivity index (χ1n) is 14.9. The van der Waals surface area contributed by atoms with E-state index in [1.165, 1.54) is 6.07 Å². The van der Waals surface area contributed by atoms with Gasteiger partial charge in [-0.25, -0.2) is 0 Å². The van der Waals surface area contributed by atoms with Crippen molar-refractivity contribution in [2.24, 2.45) is 0 Å². The molecule has 0 saturated heterocycles. The molecular formula is C31H45N7O6. The van der Waals surface area contributed by atoms with Gasteiger partial charge in [0.2, 0.25) is 23.6 Å². The number of aromatic hydroxyl groups is 2. The molecule has 4 bridgehead atoms. The Balaban J connectivity index is 1.96. The van der Waals surface area contributed by atoms with Crippen molar-refractivity contribution in [1.29, 1.82) is 0 Å². The van der Waals surface area contributed by atoms with E-state index in [4.69, 9.17) is 0 Å². The molecule has 0 unspecified atom stereocenters. The lowest BCUT2D eigenvalue weighted by molar-refractivity contribution is -0.132. The standard InChI is InChI=1S/C31H45N7O6/c1-32-11-4-5-23-30(43)38-25(29(42)36-12-10-28(41)35-14-13-33-2)18-22-16-20(7-9-27(22)40)19-6-8-26(39)21(15-19)17-24(34-3)31(44)37-23/h6-9,15-16,23-25,32-34,39-40H,4-5,10-14,17-18H2,1-3H3,(H,35,41)(H,36,42)(H,37,44)(H,38,43)/t23-,24-,25-/m0/s1. The first kappa shape index (κ1) is 34.3. The molecule has 13 heteroatoms. The highest BCUT2D eigenvalue weighted by Gasteiger charge is 2.30. The zero-order chi connectivity index (χ0) is 32.1. The van der Waals surface area contributed by atoms with Crippen molar-refractivity contribution in [2.75, 3.05) is 47.3 Å². The van der Waals surface area contributed by atoms with Crippen LogP contribution in [-0.2, 0) is 32.0 Å². The number of fused-ring (bicyclic) bond motifs is 5. The Hall–Kier alpha value is -4.20. The maximum atomic E-state index is 13.6. The number of phenolic OH excluding ortho intramolecular Hbond substituents is 2. The minimum atomic E-state index is -1.11.